The van der Waals surface area contributed by atoms with Crippen LogP contribution in [0.2, 0.25) is 0 Å². The summed E-state index contributed by atoms with van der Waals surface area (Å²) in [7, 11) is 2.09. The fourth-order valence-corrected chi connectivity index (χ4v) is 4.33. The van der Waals surface area contributed by atoms with Crippen molar-refractivity contribution in [1.82, 2.24) is 0 Å². The summed E-state index contributed by atoms with van der Waals surface area (Å²) >= 11 is 1.77. The predicted molar refractivity (Wildman–Crippen MR) is 111 cm³/mol. The normalized spacial score (nSPS) is 15.6. The van der Waals surface area contributed by atoms with Crippen LogP contribution in [0.4, 0.5) is 5.69 Å². The fraction of sp³-hybridized carbons (Fsp3) is 0.136. The molecule has 1 aromatic heterocycles. The molecule has 1 aliphatic heterocycles. The molecule has 4 rings (SSSR count). The van der Waals surface area contributed by atoms with E-state index in [1.165, 1.54) is 15.2 Å². The van der Waals surface area contributed by atoms with Gasteiger partial charge in [0.25, 0.3) is 5.01 Å². The molecule has 0 atom stereocenters. The van der Waals surface area contributed by atoms with Crippen LogP contribution in [0.15, 0.2) is 72.8 Å². The second-order valence-corrected chi connectivity index (χ2v) is 7.46. The van der Waals surface area contributed by atoms with Crippen LogP contribution in [0.1, 0.15) is 17.0 Å². The van der Waals surface area contributed by atoms with E-state index in [-0.39, 0.29) is 18.8 Å². The maximum absolute atomic E-state index is 9.95. The van der Waals surface area contributed by atoms with Gasteiger partial charge >= 0.3 is 0 Å². The van der Waals surface area contributed by atoms with Crippen LogP contribution in [0, 0.1) is 0 Å². The number of aliphatic hydroxyl groups is 2. The van der Waals surface area contributed by atoms with Crippen molar-refractivity contribution in [3.05, 3.63) is 83.3 Å². The molecule has 2 heterocycles. The molecule has 1 aliphatic rings. The number of rotatable bonds is 4. The number of thiazole rings is 1. The molecule has 2 aromatic carbocycles. The number of hydrogen-bond donors (Lipinski definition) is 2. The van der Waals surface area contributed by atoms with Crippen LogP contribution >= 0.6 is 11.3 Å². The average Bonchev–Trinajstić information content (AvgIpc) is 3.00. The van der Waals surface area contributed by atoms with Crippen molar-refractivity contribution in [1.29, 1.82) is 0 Å². The number of fused-ring (bicyclic) bond motifs is 2. The molecular weight excluding hydrogens is 356 g/mol. The highest BCUT2D eigenvalue weighted by Gasteiger charge is 2.19. The molecule has 2 N–H and O–H groups in total. The van der Waals surface area contributed by atoms with Gasteiger partial charge in [0.2, 0.25) is 5.52 Å². The van der Waals surface area contributed by atoms with Crippen molar-refractivity contribution in [2.75, 3.05) is 11.5 Å². The SMILES string of the molecule is C[n+]1c(/C=C2\C=CN(C=C(O)CCO)c3ccccc32)sc2ccccc21. The first-order valence-corrected chi connectivity index (χ1v) is 9.65. The topological polar surface area (TPSA) is 47.6 Å². The van der Waals surface area contributed by atoms with Gasteiger partial charge in [-0.05, 0) is 23.8 Å². The first-order chi connectivity index (χ1) is 13.2. The van der Waals surface area contributed by atoms with E-state index in [1.54, 1.807) is 17.5 Å². The van der Waals surface area contributed by atoms with E-state index >= 15 is 0 Å². The maximum Gasteiger partial charge on any atom is 0.263 e. The molecule has 0 unspecified atom stereocenters. The number of para-hydroxylation sites is 2. The monoisotopic (exact) mass is 377 g/mol. The Kier molecular flexibility index (Phi) is 4.79. The van der Waals surface area contributed by atoms with Crippen LogP contribution < -0.4 is 9.47 Å². The van der Waals surface area contributed by atoms with Crippen molar-refractivity contribution in [2.45, 2.75) is 6.42 Å². The van der Waals surface area contributed by atoms with E-state index in [2.05, 4.69) is 54.1 Å². The Bertz CT molecular complexity index is 1080. The molecule has 0 spiro atoms. The third-order valence-electron chi connectivity index (χ3n) is 4.61. The molecule has 4 nitrogen and oxygen atoms in total. The van der Waals surface area contributed by atoms with Gasteiger partial charge in [-0.1, -0.05) is 41.7 Å². The van der Waals surface area contributed by atoms with Crippen LogP contribution in [0.25, 0.3) is 21.9 Å². The van der Waals surface area contributed by atoms with E-state index in [0.717, 1.165) is 16.8 Å². The molecule has 136 valence electrons. The summed E-state index contributed by atoms with van der Waals surface area (Å²) in [6, 6.07) is 16.5. The van der Waals surface area contributed by atoms with Gasteiger partial charge in [0.1, 0.15) is 17.5 Å². The quantitative estimate of drug-likeness (QED) is 0.524. The summed E-state index contributed by atoms with van der Waals surface area (Å²) in [5.74, 6) is 0.153. The number of hydrogen-bond acceptors (Lipinski definition) is 4. The van der Waals surface area contributed by atoms with E-state index in [4.69, 9.17) is 5.11 Å². The molecular formula is C22H21N2O2S+. The minimum Gasteiger partial charge on any atom is -0.511 e. The molecule has 0 radical (unpaired) electrons. The van der Waals surface area contributed by atoms with Gasteiger partial charge in [0.15, 0.2) is 0 Å². The zero-order valence-corrected chi connectivity index (χ0v) is 15.9. The highest BCUT2D eigenvalue weighted by atomic mass is 32.1. The lowest BCUT2D eigenvalue weighted by Gasteiger charge is -2.24. The van der Waals surface area contributed by atoms with Gasteiger partial charge in [0.05, 0.1) is 12.3 Å². The van der Waals surface area contributed by atoms with Crippen LogP contribution in [-0.2, 0) is 7.05 Å². The molecule has 3 aromatic rings. The summed E-state index contributed by atoms with van der Waals surface area (Å²) in [6.45, 7) is -0.0743. The first kappa shape index (κ1) is 17.5. The van der Waals surface area contributed by atoms with Gasteiger partial charge in [-0.3, -0.25) is 0 Å². The lowest BCUT2D eigenvalue weighted by Crippen LogP contribution is -2.29. The number of allylic oxidation sites excluding steroid dienone is 2. The number of anilines is 1. The summed E-state index contributed by atoms with van der Waals surface area (Å²) in [6.07, 6.45) is 8.09. The number of aryl methyl sites for hydroxylation is 1. The number of nitrogens with zero attached hydrogens (tertiary/aromatic N) is 2. The Morgan fingerprint density at radius 3 is 2.74 bits per heavy atom. The Morgan fingerprint density at radius 2 is 1.93 bits per heavy atom. The van der Waals surface area contributed by atoms with Crippen LogP contribution in [0.3, 0.4) is 0 Å². The number of aliphatic hydroxyl groups excluding tert-OH is 2. The molecule has 27 heavy (non-hydrogen) atoms. The van der Waals surface area contributed by atoms with Crippen molar-refractivity contribution >= 4 is 38.9 Å². The summed E-state index contributed by atoms with van der Waals surface area (Å²) < 4.78 is 3.47. The largest absolute Gasteiger partial charge is 0.511 e. The van der Waals surface area contributed by atoms with E-state index < -0.39 is 0 Å². The highest BCUT2D eigenvalue weighted by molar-refractivity contribution is 7.18. The third kappa shape index (κ3) is 3.39. The molecule has 5 heteroatoms. The van der Waals surface area contributed by atoms with Crippen molar-refractivity contribution < 1.29 is 14.8 Å². The number of aromatic nitrogens is 1. The molecule has 0 saturated carbocycles. The Hall–Kier alpha value is -2.89. The lowest BCUT2D eigenvalue weighted by molar-refractivity contribution is -0.642. The van der Waals surface area contributed by atoms with Gasteiger partial charge in [-0.25, -0.2) is 0 Å². The minimum atomic E-state index is -0.0743. The average molecular weight is 377 g/mol. The van der Waals surface area contributed by atoms with Gasteiger partial charge in [-0.15, -0.1) is 0 Å². The van der Waals surface area contributed by atoms with Gasteiger partial charge in [-0.2, -0.15) is 4.57 Å². The Morgan fingerprint density at radius 1 is 1.15 bits per heavy atom. The van der Waals surface area contributed by atoms with Crippen LogP contribution in [0.5, 0.6) is 0 Å². The maximum atomic E-state index is 9.95. The standard InChI is InChI=1S/C22H20N2O2S/c1-23-20-8-4-5-9-21(20)27-22(23)14-16-10-12-24(15-17(26)11-13-25)19-7-3-2-6-18(16)19/h2-10,12,14-15,25H,11,13H2,1H3/p+1. The second-order valence-electron chi connectivity index (χ2n) is 6.40. The number of benzene rings is 2. The Balaban J connectivity index is 1.77. The molecule has 0 fully saturated rings. The van der Waals surface area contributed by atoms with E-state index in [0.29, 0.717) is 0 Å². The van der Waals surface area contributed by atoms with Crippen molar-refractivity contribution in [3.8, 4) is 0 Å². The summed E-state index contributed by atoms with van der Waals surface area (Å²) in [4.78, 5) is 1.89. The smallest absolute Gasteiger partial charge is 0.263 e. The summed E-state index contributed by atoms with van der Waals surface area (Å²) in [5, 5.41) is 20.1. The van der Waals surface area contributed by atoms with E-state index in [9.17, 15) is 5.11 Å². The van der Waals surface area contributed by atoms with Gasteiger partial charge < -0.3 is 15.1 Å². The molecule has 0 saturated heterocycles. The zero-order chi connectivity index (χ0) is 18.8. The zero-order valence-electron chi connectivity index (χ0n) is 15.0. The third-order valence-corrected chi connectivity index (χ3v) is 5.78. The summed E-state index contributed by atoms with van der Waals surface area (Å²) in [5.41, 5.74) is 4.45. The van der Waals surface area contributed by atoms with Crippen LogP contribution in [-0.4, -0.2) is 16.8 Å². The Labute approximate surface area is 162 Å². The van der Waals surface area contributed by atoms with E-state index in [1.807, 2.05) is 29.3 Å². The minimum absolute atomic E-state index is 0.0743. The lowest BCUT2D eigenvalue weighted by atomic mass is 10.00. The molecule has 0 aliphatic carbocycles. The second kappa shape index (κ2) is 7.39. The molecule has 0 bridgehead atoms. The van der Waals surface area contributed by atoms with Gasteiger partial charge in [0, 0.05) is 36.5 Å². The van der Waals surface area contributed by atoms with Crippen molar-refractivity contribution in [3.63, 3.8) is 0 Å². The molecule has 0 amide bonds. The predicted octanol–water partition coefficient (Wildman–Crippen LogP) is 4.38. The highest BCUT2D eigenvalue weighted by Crippen LogP contribution is 2.35. The first-order valence-electron chi connectivity index (χ1n) is 8.83. The van der Waals surface area contributed by atoms with Crippen molar-refractivity contribution in [2.24, 2.45) is 7.05 Å². The fourth-order valence-electron chi connectivity index (χ4n) is 3.23.